The zero-order chi connectivity index (χ0) is 27.8. The van der Waals surface area contributed by atoms with E-state index in [0.717, 1.165) is 52.3 Å². The van der Waals surface area contributed by atoms with Crippen molar-refractivity contribution in [2.24, 2.45) is 7.05 Å². The number of hydrogen-bond acceptors (Lipinski definition) is 9. The Labute approximate surface area is 233 Å². The normalized spacial score (nSPS) is 17.0. The Morgan fingerprint density at radius 2 is 2.10 bits per heavy atom. The van der Waals surface area contributed by atoms with Gasteiger partial charge in [-0.3, -0.25) is 9.78 Å². The Morgan fingerprint density at radius 3 is 2.92 bits per heavy atom. The number of rotatable bonds is 8. The maximum Gasteiger partial charge on any atom is 0.254 e. The van der Waals surface area contributed by atoms with Crippen molar-refractivity contribution in [1.29, 1.82) is 0 Å². The van der Waals surface area contributed by atoms with E-state index in [-0.39, 0.29) is 12.0 Å². The van der Waals surface area contributed by atoms with Gasteiger partial charge in [0.2, 0.25) is 0 Å². The van der Waals surface area contributed by atoms with E-state index in [9.17, 15) is 4.79 Å². The Hall–Kier alpha value is -4.06. The van der Waals surface area contributed by atoms with Crippen molar-refractivity contribution in [1.82, 2.24) is 29.7 Å². The van der Waals surface area contributed by atoms with Crippen LogP contribution in [0.3, 0.4) is 0 Å². The highest BCUT2D eigenvalue weighted by Gasteiger charge is 2.29. The van der Waals surface area contributed by atoms with Crippen LogP contribution in [0.15, 0.2) is 42.9 Å². The number of carbonyl (C=O) groups excluding carboxylic acids is 1. The summed E-state index contributed by atoms with van der Waals surface area (Å²) in [5.41, 5.74) is 6.74. The number of amides is 1. The fourth-order valence-corrected chi connectivity index (χ4v) is 5.57. The molecule has 208 valence electrons. The van der Waals surface area contributed by atoms with Gasteiger partial charge < -0.3 is 34.5 Å². The smallest absolute Gasteiger partial charge is 0.254 e. The minimum atomic E-state index is -0.123. The quantitative estimate of drug-likeness (QED) is 0.347. The van der Waals surface area contributed by atoms with E-state index in [4.69, 9.17) is 19.4 Å². The highest BCUT2D eigenvalue weighted by Crippen LogP contribution is 2.36. The van der Waals surface area contributed by atoms with E-state index in [2.05, 4.69) is 31.5 Å². The van der Waals surface area contributed by atoms with Crippen LogP contribution in [0.2, 0.25) is 0 Å². The molecule has 6 heterocycles. The number of nitrogens with one attached hydrogen (secondary N) is 2. The first-order chi connectivity index (χ1) is 19.4. The average molecular weight is 543 g/mol. The van der Waals surface area contributed by atoms with Crippen molar-refractivity contribution in [2.45, 2.75) is 19.2 Å². The van der Waals surface area contributed by atoms with Crippen LogP contribution in [0.25, 0.3) is 22.3 Å². The first-order valence-corrected chi connectivity index (χ1v) is 13.4. The van der Waals surface area contributed by atoms with Gasteiger partial charge in [-0.05, 0) is 38.4 Å². The molecule has 40 heavy (non-hydrogen) atoms. The third kappa shape index (κ3) is 4.87. The number of hydrogen-bond donors (Lipinski definition) is 2. The second kappa shape index (κ2) is 10.8. The number of carbonyl (C=O) groups is 1. The van der Waals surface area contributed by atoms with Crippen LogP contribution in [-0.2, 0) is 29.6 Å². The van der Waals surface area contributed by atoms with Crippen LogP contribution in [-0.4, -0.2) is 83.9 Å². The molecule has 1 fully saturated rings. The molecule has 1 atom stereocenters. The van der Waals surface area contributed by atoms with Crippen molar-refractivity contribution >= 4 is 34.1 Å². The number of aromatic nitrogens is 4. The second-order valence-corrected chi connectivity index (χ2v) is 10.5. The molecule has 0 bridgehead atoms. The van der Waals surface area contributed by atoms with Gasteiger partial charge in [0.25, 0.3) is 5.91 Å². The number of pyridine rings is 3. The molecule has 0 aromatic carbocycles. The van der Waals surface area contributed by atoms with E-state index in [1.165, 1.54) is 0 Å². The first-order valence-electron chi connectivity index (χ1n) is 13.4. The molecule has 2 N–H and O–H groups in total. The summed E-state index contributed by atoms with van der Waals surface area (Å²) in [5.74, 6) is 0.537. The maximum absolute atomic E-state index is 13.0. The number of nitrogens with zero attached hydrogens (tertiary/aromatic N) is 6. The van der Waals surface area contributed by atoms with Crippen molar-refractivity contribution in [3.8, 4) is 11.3 Å². The van der Waals surface area contributed by atoms with Gasteiger partial charge in [-0.1, -0.05) is 0 Å². The van der Waals surface area contributed by atoms with Crippen LogP contribution in [0.5, 0.6) is 0 Å². The van der Waals surface area contributed by atoms with E-state index < -0.39 is 0 Å². The van der Waals surface area contributed by atoms with E-state index in [1.54, 1.807) is 19.5 Å². The zero-order valence-electron chi connectivity index (χ0n) is 23.3. The number of ether oxygens (including phenoxy) is 2. The minimum Gasteiger partial charge on any atom is -0.382 e. The van der Waals surface area contributed by atoms with Crippen molar-refractivity contribution in [2.75, 3.05) is 57.7 Å². The highest BCUT2D eigenvalue weighted by molar-refractivity contribution is 6.06. The van der Waals surface area contributed by atoms with Crippen LogP contribution in [0.4, 0.5) is 17.2 Å². The summed E-state index contributed by atoms with van der Waals surface area (Å²) in [5, 5.41) is 7.38. The maximum atomic E-state index is 13.0. The summed E-state index contributed by atoms with van der Waals surface area (Å²) in [6.07, 6.45) is 5.51. The first kappa shape index (κ1) is 26.2. The Kier molecular flexibility index (Phi) is 7.09. The number of anilines is 3. The molecular weight excluding hydrogens is 508 g/mol. The topological polar surface area (TPSA) is 110 Å². The fraction of sp³-hybridized carbons (Fsp3) is 0.379. The molecule has 4 aromatic rings. The van der Waals surface area contributed by atoms with E-state index in [0.29, 0.717) is 43.4 Å². The van der Waals surface area contributed by atoms with Gasteiger partial charge >= 0.3 is 0 Å². The van der Waals surface area contributed by atoms with Crippen LogP contribution in [0, 0.1) is 0 Å². The van der Waals surface area contributed by atoms with E-state index >= 15 is 0 Å². The van der Waals surface area contributed by atoms with Gasteiger partial charge in [0.05, 0.1) is 53.8 Å². The monoisotopic (exact) mass is 542 g/mol. The van der Waals surface area contributed by atoms with Gasteiger partial charge in [0.15, 0.2) is 0 Å². The standard InChI is InChI=1S/C29H34N8O3/c1-35(2)16-23-24(37-11-12-40-18(15-37)17-39-4)5-6-25(34-23)33-22-14-31-27(21-13-32-29(38)26(21)22)19-7-9-30-28-20(19)8-10-36(28)3/h5-10,14,18H,11-13,15-17H2,1-4H3,(H,32,38)(H,33,34)/t18-/m1/s1. The summed E-state index contributed by atoms with van der Waals surface area (Å²) in [6.45, 7) is 3.81. The molecule has 0 aliphatic carbocycles. The number of aryl methyl sites for hydroxylation is 1. The van der Waals surface area contributed by atoms with E-state index in [1.807, 2.05) is 50.1 Å². The summed E-state index contributed by atoms with van der Waals surface area (Å²) < 4.78 is 13.2. The largest absolute Gasteiger partial charge is 0.382 e. The molecule has 0 spiro atoms. The third-order valence-corrected chi connectivity index (χ3v) is 7.37. The minimum absolute atomic E-state index is 0.0203. The fourth-order valence-electron chi connectivity index (χ4n) is 5.57. The van der Waals surface area contributed by atoms with Gasteiger partial charge in [-0.15, -0.1) is 0 Å². The third-order valence-electron chi connectivity index (χ3n) is 7.37. The molecule has 11 heteroatoms. The predicted octanol–water partition coefficient (Wildman–Crippen LogP) is 2.93. The molecule has 2 aliphatic heterocycles. The molecule has 1 saturated heterocycles. The average Bonchev–Trinajstić information content (AvgIpc) is 3.52. The lowest BCUT2D eigenvalue weighted by atomic mass is 10.0. The SMILES string of the molecule is COC[C@H]1CN(c2ccc(Nc3cnc(-c4ccnc5c4ccn5C)c4c3C(=O)NC4)nc2CN(C)C)CCO1. The van der Waals surface area contributed by atoms with Crippen molar-refractivity contribution in [3.05, 3.63) is 59.7 Å². The lowest BCUT2D eigenvalue weighted by Crippen LogP contribution is -2.45. The lowest BCUT2D eigenvalue weighted by molar-refractivity contribution is -0.0101. The van der Waals surface area contributed by atoms with Gasteiger partial charge in [-0.25, -0.2) is 9.97 Å². The Morgan fingerprint density at radius 1 is 1.23 bits per heavy atom. The number of morpholine rings is 1. The molecule has 11 nitrogen and oxygen atoms in total. The van der Waals surface area contributed by atoms with Crippen LogP contribution in [0.1, 0.15) is 21.6 Å². The molecule has 0 unspecified atom stereocenters. The molecule has 0 saturated carbocycles. The molecule has 4 aromatic heterocycles. The lowest BCUT2D eigenvalue weighted by Gasteiger charge is -2.35. The van der Waals surface area contributed by atoms with Crippen molar-refractivity contribution in [3.63, 3.8) is 0 Å². The molecule has 1 amide bonds. The molecular formula is C29H34N8O3. The summed E-state index contributed by atoms with van der Waals surface area (Å²) >= 11 is 0. The Bertz CT molecular complexity index is 1560. The summed E-state index contributed by atoms with van der Waals surface area (Å²) in [6, 6.07) is 8.04. The van der Waals surface area contributed by atoms with Gasteiger partial charge in [-0.2, -0.15) is 0 Å². The second-order valence-electron chi connectivity index (χ2n) is 10.5. The number of fused-ring (bicyclic) bond motifs is 2. The number of methoxy groups -OCH3 is 1. The molecule has 6 rings (SSSR count). The molecule has 2 aliphatic rings. The zero-order valence-corrected chi connectivity index (χ0v) is 23.3. The van der Waals surface area contributed by atoms with Crippen LogP contribution < -0.4 is 15.5 Å². The summed E-state index contributed by atoms with van der Waals surface area (Å²) in [7, 11) is 7.72. The highest BCUT2D eigenvalue weighted by atomic mass is 16.5. The van der Waals surface area contributed by atoms with Crippen LogP contribution >= 0.6 is 0 Å². The Balaban J connectivity index is 1.34. The van der Waals surface area contributed by atoms with Crippen molar-refractivity contribution < 1.29 is 14.3 Å². The predicted molar refractivity (Wildman–Crippen MR) is 154 cm³/mol. The summed E-state index contributed by atoms with van der Waals surface area (Å²) in [4.78, 5) is 31.8. The molecule has 0 radical (unpaired) electrons. The van der Waals surface area contributed by atoms with Gasteiger partial charge in [0.1, 0.15) is 11.5 Å². The van der Waals surface area contributed by atoms with Gasteiger partial charge in [0, 0.05) is 69.2 Å².